The third kappa shape index (κ3) is 3.61. The molecule has 1 aromatic carbocycles. The van der Waals surface area contributed by atoms with Gasteiger partial charge in [0.15, 0.2) is 11.5 Å². The van der Waals surface area contributed by atoms with Crippen molar-refractivity contribution in [3.8, 4) is 0 Å². The van der Waals surface area contributed by atoms with E-state index in [9.17, 15) is 9.59 Å². The summed E-state index contributed by atoms with van der Waals surface area (Å²) in [4.78, 5) is 27.2. The number of nitrogens with one attached hydrogen (secondary N) is 2. The summed E-state index contributed by atoms with van der Waals surface area (Å²) in [7, 11) is 0. The number of fused-ring (bicyclic) bond motifs is 1. The number of hydrogen-bond donors (Lipinski definition) is 3. The summed E-state index contributed by atoms with van der Waals surface area (Å²) < 4.78 is 5.44. The quantitative estimate of drug-likeness (QED) is 0.807. The molecule has 23 heavy (non-hydrogen) atoms. The van der Waals surface area contributed by atoms with Gasteiger partial charge in [-0.25, -0.2) is 9.78 Å². The summed E-state index contributed by atoms with van der Waals surface area (Å²) in [5.74, 6) is -0.450. The van der Waals surface area contributed by atoms with Crippen molar-refractivity contribution in [1.29, 1.82) is 0 Å². The fourth-order valence-electron chi connectivity index (χ4n) is 2.95. The van der Waals surface area contributed by atoms with Gasteiger partial charge in [0.2, 0.25) is 0 Å². The van der Waals surface area contributed by atoms with Crippen LogP contribution in [0, 0.1) is 12.8 Å². The van der Waals surface area contributed by atoms with E-state index in [1.165, 1.54) is 0 Å². The predicted octanol–water partition coefficient (Wildman–Crippen LogP) is 2.90. The highest BCUT2D eigenvalue weighted by Crippen LogP contribution is 2.24. The Hall–Kier alpha value is -2.57. The average molecular weight is 317 g/mol. The number of hydrogen-bond acceptors (Lipinski definition) is 4. The molecule has 0 radical (unpaired) electrons. The third-order valence-electron chi connectivity index (χ3n) is 4.16. The van der Waals surface area contributed by atoms with Gasteiger partial charge in [0.25, 0.3) is 0 Å². The first-order chi connectivity index (χ1) is 11.0. The normalized spacial score (nSPS) is 21.1. The lowest BCUT2D eigenvalue weighted by Gasteiger charge is -2.26. The minimum atomic E-state index is -0.747. The van der Waals surface area contributed by atoms with Gasteiger partial charge in [-0.05, 0) is 37.8 Å². The van der Waals surface area contributed by atoms with Crippen molar-refractivity contribution < 1.29 is 19.1 Å². The van der Waals surface area contributed by atoms with Crippen LogP contribution in [0.4, 0.5) is 10.5 Å². The van der Waals surface area contributed by atoms with Gasteiger partial charge in [0, 0.05) is 24.7 Å². The standard InChI is InChI=1S/C16H19N3O4/c1-9-17-13-7-6-12(8-14(13)23-9)19-16(22)18-11-4-2-10(3-5-11)15(20)21/h6-8,10-11H,2-5H2,1H3,(H,20,21)(H2,18,19,22). The molecule has 0 aliphatic heterocycles. The molecule has 0 spiro atoms. The lowest BCUT2D eigenvalue weighted by Crippen LogP contribution is -2.40. The fourth-order valence-corrected chi connectivity index (χ4v) is 2.95. The van der Waals surface area contributed by atoms with Gasteiger partial charge in [-0.1, -0.05) is 0 Å². The topological polar surface area (TPSA) is 104 Å². The highest BCUT2D eigenvalue weighted by molar-refractivity contribution is 5.91. The van der Waals surface area contributed by atoms with Crippen LogP contribution in [0.5, 0.6) is 0 Å². The first-order valence-electron chi connectivity index (χ1n) is 7.69. The van der Waals surface area contributed by atoms with Crippen molar-refractivity contribution in [1.82, 2.24) is 10.3 Å². The van der Waals surface area contributed by atoms with E-state index in [-0.39, 0.29) is 18.0 Å². The number of nitrogens with zero attached hydrogens (tertiary/aromatic N) is 1. The molecular formula is C16H19N3O4. The molecule has 0 saturated heterocycles. The third-order valence-corrected chi connectivity index (χ3v) is 4.16. The largest absolute Gasteiger partial charge is 0.481 e. The van der Waals surface area contributed by atoms with Crippen LogP contribution in [-0.2, 0) is 4.79 Å². The number of carbonyl (C=O) groups excluding carboxylic acids is 1. The zero-order chi connectivity index (χ0) is 16.4. The summed E-state index contributed by atoms with van der Waals surface area (Å²) in [6.07, 6.45) is 2.57. The number of carbonyl (C=O) groups is 2. The van der Waals surface area contributed by atoms with Gasteiger partial charge in [0.05, 0.1) is 5.92 Å². The summed E-state index contributed by atoms with van der Waals surface area (Å²) in [5, 5.41) is 14.6. The number of carboxylic acid groups (broad SMARTS) is 1. The lowest BCUT2D eigenvalue weighted by molar-refractivity contribution is -0.142. The number of aromatic nitrogens is 1. The molecule has 3 N–H and O–H groups in total. The van der Waals surface area contributed by atoms with E-state index in [1.807, 2.05) is 0 Å². The number of rotatable bonds is 3. The van der Waals surface area contributed by atoms with Gasteiger partial charge in [-0.3, -0.25) is 4.79 Å². The summed E-state index contributed by atoms with van der Waals surface area (Å²) >= 11 is 0. The highest BCUT2D eigenvalue weighted by atomic mass is 16.4. The number of amides is 2. The Kier molecular flexibility index (Phi) is 4.18. The monoisotopic (exact) mass is 317 g/mol. The van der Waals surface area contributed by atoms with Gasteiger partial charge in [0.1, 0.15) is 5.52 Å². The molecular weight excluding hydrogens is 298 g/mol. The number of oxazole rings is 1. The zero-order valence-electron chi connectivity index (χ0n) is 12.8. The number of anilines is 1. The summed E-state index contributed by atoms with van der Waals surface area (Å²) in [6, 6.07) is 5.02. The maximum atomic E-state index is 12.1. The Morgan fingerprint density at radius 3 is 2.70 bits per heavy atom. The number of carboxylic acids is 1. The smallest absolute Gasteiger partial charge is 0.319 e. The van der Waals surface area contributed by atoms with Crippen LogP contribution in [0.2, 0.25) is 0 Å². The number of aliphatic carboxylic acids is 1. The van der Waals surface area contributed by atoms with Gasteiger partial charge in [-0.15, -0.1) is 0 Å². The Morgan fingerprint density at radius 2 is 2.00 bits per heavy atom. The van der Waals surface area contributed by atoms with E-state index in [0.29, 0.717) is 42.8 Å². The van der Waals surface area contributed by atoms with E-state index in [1.54, 1.807) is 25.1 Å². The zero-order valence-corrected chi connectivity index (χ0v) is 12.8. The van der Waals surface area contributed by atoms with E-state index in [2.05, 4.69) is 15.6 Å². The van der Waals surface area contributed by atoms with Gasteiger partial charge >= 0.3 is 12.0 Å². The van der Waals surface area contributed by atoms with Gasteiger partial charge < -0.3 is 20.2 Å². The molecule has 1 aromatic heterocycles. The molecule has 1 aliphatic carbocycles. The molecule has 2 aromatic rings. The second-order valence-corrected chi connectivity index (χ2v) is 5.90. The molecule has 7 nitrogen and oxygen atoms in total. The minimum absolute atomic E-state index is 0.0156. The van der Waals surface area contributed by atoms with Crippen LogP contribution in [-0.4, -0.2) is 28.1 Å². The Bertz CT molecular complexity index is 732. The molecule has 1 heterocycles. The van der Waals surface area contributed by atoms with Crippen molar-refractivity contribution in [2.45, 2.75) is 38.6 Å². The molecule has 0 atom stereocenters. The average Bonchev–Trinajstić information content (AvgIpc) is 2.87. The highest BCUT2D eigenvalue weighted by Gasteiger charge is 2.26. The first-order valence-corrected chi connectivity index (χ1v) is 7.69. The van der Waals surface area contributed by atoms with Gasteiger partial charge in [-0.2, -0.15) is 0 Å². The van der Waals surface area contributed by atoms with Crippen LogP contribution in [0.3, 0.4) is 0 Å². The summed E-state index contributed by atoms with van der Waals surface area (Å²) in [6.45, 7) is 1.77. The molecule has 1 aliphatic rings. The van der Waals surface area contributed by atoms with Crippen molar-refractivity contribution in [2.75, 3.05) is 5.32 Å². The Morgan fingerprint density at radius 1 is 1.26 bits per heavy atom. The Balaban J connectivity index is 1.55. The molecule has 3 rings (SSSR count). The molecule has 1 saturated carbocycles. The molecule has 1 fully saturated rings. The number of benzene rings is 1. The van der Waals surface area contributed by atoms with Crippen molar-refractivity contribution in [3.05, 3.63) is 24.1 Å². The summed E-state index contributed by atoms with van der Waals surface area (Å²) in [5.41, 5.74) is 2.01. The van der Waals surface area contributed by atoms with Crippen molar-refractivity contribution in [2.24, 2.45) is 5.92 Å². The number of urea groups is 1. The van der Waals surface area contributed by atoms with Crippen LogP contribution in [0.1, 0.15) is 31.6 Å². The maximum Gasteiger partial charge on any atom is 0.319 e. The number of aryl methyl sites for hydroxylation is 1. The van der Waals surface area contributed by atoms with Crippen molar-refractivity contribution >= 4 is 28.8 Å². The van der Waals surface area contributed by atoms with E-state index >= 15 is 0 Å². The second kappa shape index (κ2) is 6.28. The predicted molar refractivity (Wildman–Crippen MR) is 84.3 cm³/mol. The fraction of sp³-hybridized carbons (Fsp3) is 0.438. The lowest BCUT2D eigenvalue weighted by atomic mass is 9.86. The van der Waals surface area contributed by atoms with E-state index in [4.69, 9.17) is 9.52 Å². The van der Waals surface area contributed by atoms with Crippen LogP contribution < -0.4 is 10.6 Å². The minimum Gasteiger partial charge on any atom is -0.481 e. The van der Waals surface area contributed by atoms with Crippen LogP contribution >= 0.6 is 0 Å². The molecule has 2 amide bonds. The van der Waals surface area contributed by atoms with E-state index < -0.39 is 5.97 Å². The van der Waals surface area contributed by atoms with E-state index in [0.717, 1.165) is 5.52 Å². The molecule has 122 valence electrons. The van der Waals surface area contributed by atoms with Crippen LogP contribution in [0.15, 0.2) is 22.6 Å². The molecule has 7 heteroatoms. The maximum absolute atomic E-state index is 12.1. The second-order valence-electron chi connectivity index (χ2n) is 5.90. The Labute approximate surface area is 133 Å². The first kappa shape index (κ1) is 15.3. The molecule has 0 bridgehead atoms. The van der Waals surface area contributed by atoms with Crippen LogP contribution in [0.25, 0.3) is 11.1 Å². The SMILES string of the molecule is Cc1nc2ccc(NC(=O)NC3CCC(C(=O)O)CC3)cc2o1. The molecule has 0 unspecified atom stereocenters. The van der Waals surface area contributed by atoms with Crippen molar-refractivity contribution in [3.63, 3.8) is 0 Å².